The Morgan fingerprint density at radius 3 is 2.65 bits per heavy atom. The predicted molar refractivity (Wildman–Crippen MR) is 70.8 cm³/mol. The van der Waals surface area contributed by atoms with Gasteiger partial charge in [0.2, 0.25) is 0 Å². The molecule has 3 nitrogen and oxygen atoms in total. The molecule has 2 rings (SSSR count). The highest BCUT2D eigenvalue weighted by Gasteiger charge is 2.02. The summed E-state index contributed by atoms with van der Waals surface area (Å²) < 4.78 is 0. The second-order valence-electron chi connectivity index (χ2n) is 4.22. The third kappa shape index (κ3) is 2.94. The number of H-pyrrole nitrogens is 1. The molecular weight excluding hydrogens is 210 g/mol. The van der Waals surface area contributed by atoms with Crippen LogP contribution in [0.15, 0.2) is 30.5 Å². The van der Waals surface area contributed by atoms with Crippen LogP contribution in [0.5, 0.6) is 0 Å². The summed E-state index contributed by atoms with van der Waals surface area (Å²) >= 11 is 0. The van der Waals surface area contributed by atoms with Gasteiger partial charge in [-0.05, 0) is 24.6 Å². The van der Waals surface area contributed by atoms with E-state index in [2.05, 4.69) is 46.5 Å². The average Bonchev–Trinajstić information content (AvgIpc) is 2.80. The summed E-state index contributed by atoms with van der Waals surface area (Å²) in [5, 5.41) is 3.08. The van der Waals surface area contributed by atoms with Crippen molar-refractivity contribution in [1.82, 2.24) is 15.3 Å². The van der Waals surface area contributed by atoms with Gasteiger partial charge in [-0.15, -0.1) is 0 Å². The van der Waals surface area contributed by atoms with Crippen molar-refractivity contribution in [3.63, 3.8) is 0 Å². The van der Waals surface area contributed by atoms with E-state index in [1.165, 1.54) is 17.5 Å². The van der Waals surface area contributed by atoms with Crippen molar-refractivity contribution in [2.75, 3.05) is 7.05 Å². The predicted octanol–water partition coefficient (Wildman–Crippen LogP) is 2.75. The van der Waals surface area contributed by atoms with Crippen LogP contribution in [0.1, 0.15) is 24.7 Å². The van der Waals surface area contributed by atoms with E-state index in [1.807, 2.05) is 13.2 Å². The molecule has 3 heteroatoms. The maximum absolute atomic E-state index is 4.32. The molecule has 2 aromatic rings. The number of imidazole rings is 1. The van der Waals surface area contributed by atoms with Crippen molar-refractivity contribution in [1.29, 1.82) is 0 Å². The molecule has 90 valence electrons. The minimum absolute atomic E-state index is 0.772. The van der Waals surface area contributed by atoms with Crippen LogP contribution in [-0.4, -0.2) is 17.0 Å². The summed E-state index contributed by atoms with van der Waals surface area (Å²) in [6.07, 6.45) is 4.23. The fourth-order valence-electron chi connectivity index (χ4n) is 1.91. The monoisotopic (exact) mass is 229 g/mol. The number of hydrogen-bond donors (Lipinski definition) is 2. The van der Waals surface area contributed by atoms with Gasteiger partial charge in [-0.25, -0.2) is 4.98 Å². The smallest absolute Gasteiger partial charge is 0.120 e. The van der Waals surface area contributed by atoms with Crippen LogP contribution in [-0.2, 0) is 13.0 Å². The van der Waals surface area contributed by atoms with E-state index in [9.17, 15) is 0 Å². The van der Waals surface area contributed by atoms with Crippen LogP contribution in [0.4, 0.5) is 0 Å². The number of nitrogens with one attached hydrogen (secondary N) is 2. The van der Waals surface area contributed by atoms with E-state index in [0.29, 0.717) is 0 Å². The Labute approximate surface area is 102 Å². The zero-order valence-corrected chi connectivity index (χ0v) is 10.5. The lowest BCUT2D eigenvalue weighted by atomic mass is 10.1. The number of aromatic nitrogens is 2. The molecule has 0 amide bonds. The molecule has 17 heavy (non-hydrogen) atoms. The van der Waals surface area contributed by atoms with Crippen LogP contribution in [0.3, 0.4) is 0 Å². The topological polar surface area (TPSA) is 40.7 Å². The first kappa shape index (κ1) is 11.9. The second kappa shape index (κ2) is 5.64. The second-order valence-corrected chi connectivity index (χ2v) is 4.22. The van der Waals surface area contributed by atoms with E-state index < -0.39 is 0 Å². The van der Waals surface area contributed by atoms with Gasteiger partial charge >= 0.3 is 0 Å². The van der Waals surface area contributed by atoms with E-state index in [-0.39, 0.29) is 0 Å². The first-order valence-electron chi connectivity index (χ1n) is 6.11. The first-order valence-corrected chi connectivity index (χ1v) is 6.11. The third-order valence-corrected chi connectivity index (χ3v) is 2.78. The maximum atomic E-state index is 4.32. The van der Waals surface area contributed by atoms with E-state index in [1.54, 1.807) is 0 Å². The summed E-state index contributed by atoms with van der Waals surface area (Å²) in [5.41, 5.74) is 3.67. The molecule has 0 saturated carbocycles. The third-order valence-electron chi connectivity index (χ3n) is 2.78. The summed E-state index contributed by atoms with van der Waals surface area (Å²) in [6, 6.07) is 8.69. The van der Waals surface area contributed by atoms with Crippen molar-refractivity contribution < 1.29 is 0 Å². The fourth-order valence-corrected chi connectivity index (χ4v) is 1.91. The van der Waals surface area contributed by atoms with Crippen LogP contribution in [0.2, 0.25) is 0 Å². The number of hydrogen-bond acceptors (Lipinski definition) is 2. The molecule has 0 atom stereocenters. The molecule has 0 aliphatic heterocycles. The lowest BCUT2D eigenvalue weighted by molar-refractivity contribution is 0.772. The van der Waals surface area contributed by atoms with Gasteiger partial charge in [0.05, 0.1) is 18.4 Å². The summed E-state index contributed by atoms with van der Waals surface area (Å²) in [5.74, 6) is 0.972. The van der Waals surface area contributed by atoms with Gasteiger partial charge in [-0.1, -0.05) is 37.6 Å². The highest BCUT2D eigenvalue weighted by Crippen LogP contribution is 2.18. The average molecular weight is 229 g/mol. The van der Waals surface area contributed by atoms with Gasteiger partial charge in [0, 0.05) is 0 Å². The fraction of sp³-hybridized carbons (Fsp3) is 0.357. The Hall–Kier alpha value is -1.61. The quantitative estimate of drug-likeness (QED) is 0.827. The van der Waals surface area contributed by atoms with Gasteiger partial charge in [-0.3, -0.25) is 0 Å². The van der Waals surface area contributed by atoms with Crippen molar-refractivity contribution in [2.45, 2.75) is 26.3 Å². The van der Waals surface area contributed by atoms with Crippen molar-refractivity contribution in [3.8, 4) is 11.3 Å². The Balaban J connectivity index is 2.15. The number of nitrogens with zero attached hydrogens (tertiary/aromatic N) is 1. The van der Waals surface area contributed by atoms with Gasteiger partial charge in [0.1, 0.15) is 5.82 Å². The Bertz CT molecular complexity index is 457. The number of rotatable bonds is 5. The number of benzene rings is 1. The van der Waals surface area contributed by atoms with E-state index in [0.717, 1.165) is 24.5 Å². The number of aryl methyl sites for hydroxylation is 1. The first-order chi connectivity index (χ1) is 8.33. The molecule has 0 aliphatic rings. The summed E-state index contributed by atoms with van der Waals surface area (Å²) in [6.45, 7) is 2.97. The lowest BCUT2D eigenvalue weighted by Gasteiger charge is -2.01. The zero-order chi connectivity index (χ0) is 12.1. The molecule has 1 aromatic heterocycles. The van der Waals surface area contributed by atoms with Gasteiger partial charge < -0.3 is 10.3 Å². The molecule has 1 heterocycles. The molecule has 0 spiro atoms. The molecular formula is C14H19N3. The molecule has 0 saturated heterocycles. The van der Waals surface area contributed by atoms with Gasteiger partial charge in [-0.2, -0.15) is 0 Å². The minimum Gasteiger partial charge on any atom is -0.341 e. The Morgan fingerprint density at radius 2 is 2.00 bits per heavy atom. The summed E-state index contributed by atoms with van der Waals surface area (Å²) in [4.78, 5) is 7.63. The maximum Gasteiger partial charge on any atom is 0.120 e. The molecule has 1 aromatic carbocycles. The minimum atomic E-state index is 0.772. The van der Waals surface area contributed by atoms with Crippen LogP contribution < -0.4 is 5.32 Å². The van der Waals surface area contributed by atoms with Gasteiger partial charge in [0.25, 0.3) is 0 Å². The Morgan fingerprint density at radius 1 is 1.24 bits per heavy atom. The van der Waals surface area contributed by atoms with Crippen molar-refractivity contribution in [2.24, 2.45) is 0 Å². The highest BCUT2D eigenvalue weighted by molar-refractivity contribution is 5.58. The SMILES string of the molecule is CCCc1ccc(-c2cnc(CNC)[nH]2)cc1. The van der Waals surface area contributed by atoms with Crippen LogP contribution in [0, 0.1) is 0 Å². The largest absolute Gasteiger partial charge is 0.341 e. The number of aromatic amines is 1. The van der Waals surface area contributed by atoms with Gasteiger partial charge in [0.15, 0.2) is 0 Å². The molecule has 0 radical (unpaired) electrons. The molecule has 0 unspecified atom stereocenters. The van der Waals surface area contributed by atoms with Crippen molar-refractivity contribution in [3.05, 3.63) is 41.9 Å². The zero-order valence-electron chi connectivity index (χ0n) is 10.5. The van der Waals surface area contributed by atoms with Crippen LogP contribution in [0.25, 0.3) is 11.3 Å². The molecule has 0 bridgehead atoms. The molecule has 2 N–H and O–H groups in total. The lowest BCUT2D eigenvalue weighted by Crippen LogP contribution is -2.06. The Kier molecular flexibility index (Phi) is 3.94. The standard InChI is InChI=1S/C14H19N3/c1-3-4-11-5-7-12(8-6-11)13-9-16-14(17-13)10-15-2/h5-9,15H,3-4,10H2,1-2H3,(H,16,17). The molecule has 0 fully saturated rings. The normalized spacial score (nSPS) is 10.7. The van der Waals surface area contributed by atoms with Crippen LogP contribution >= 0.6 is 0 Å². The van der Waals surface area contributed by atoms with E-state index >= 15 is 0 Å². The van der Waals surface area contributed by atoms with Crippen molar-refractivity contribution >= 4 is 0 Å². The highest BCUT2D eigenvalue weighted by atomic mass is 15.0. The molecule has 0 aliphatic carbocycles. The van der Waals surface area contributed by atoms with E-state index in [4.69, 9.17) is 0 Å². The summed E-state index contributed by atoms with van der Waals surface area (Å²) in [7, 11) is 1.92.